The van der Waals surface area contributed by atoms with Gasteiger partial charge in [-0.05, 0) is 24.3 Å². The van der Waals surface area contributed by atoms with Crippen LogP contribution in [0.1, 0.15) is 53.9 Å². The molecule has 1 fully saturated rings. The second kappa shape index (κ2) is 9.14. The third-order valence-electron chi connectivity index (χ3n) is 4.41. The van der Waals surface area contributed by atoms with Crippen molar-refractivity contribution in [3.63, 3.8) is 0 Å². The second-order valence-electron chi connectivity index (χ2n) is 6.24. The van der Waals surface area contributed by atoms with Gasteiger partial charge in [0.2, 0.25) is 5.13 Å². The van der Waals surface area contributed by atoms with Gasteiger partial charge in [-0.15, -0.1) is 10.2 Å². The number of Topliss-reactive ketones (excluding diaryl/α,β-unsaturated/α-hetero) is 1. The Kier molecular flexibility index (Phi) is 6.62. The van der Waals surface area contributed by atoms with Crippen LogP contribution in [0.15, 0.2) is 28.6 Å². The summed E-state index contributed by atoms with van der Waals surface area (Å²) in [5, 5.41) is 7.83. The Hall–Kier alpha value is -1.93. The molecule has 1 aliphatic carbocycles. The lowest BCUT2D eigenvalue weighted by Crippen LogP contribution is -2.15. The first kappa shape index (κ1) is 18.8. The minimum Gasteiger partial charge on any atom is -0.457 e. The monoisotopic (exact) mass is 391 g/mol. The van der Waals surface area contributed by atoms with E-state index >= 15 is 0 Å². The fraction of sp³-hybridized carbons (Fsp3) is 0.444. The van der Waals surface area contributed by atoms with Crippen molar-refractivity contribution in [1.29, 1.82) is 0 Å². The minimum atomic E-state index is -0.462. The van der Waals surface area contributed by atoms with Gasteiger partial charge in [0.15, 0.2) is 16.7 Å². The largest absolute Gasteiger partial charge is 0.457 e. The lowest BCUT2D eigenvalue weighted by atomic mass is 9.84. The zero-order chi connectivity index (χ0) is 18.4. The number of rotatable bonds is 7. The van der Waals surface area contributed by atoms with Gasteiger partial charge in [0, 0.05) is 5.56 Å². The molecule has 1 saturated carbocycles. The summed E-state index contributed by atoms with van der Waals surface area (Å²) < 4.78 is 5.65. The highest BCUT2D eigenvalue weighted by Gasteiger charge is 2.16. The standard InChI is InChI=1S/C18H21N3O3S2/c19-17-20-21-18(26-17)25-11-16(23)24-10-15(22)14-8-6-13(7-9-14)12-4-2-1-3-5-12/h6-9,12H,1-5,10-11H2,(H2,19,20). The zero-order valence-electron chi connectivity index (χ0n) is 14.3. The number of benzene rings is 1. The molecule has 138 valence electrons. The van der Waals surface area contributed by atoms with Gasteiger partial charge >= 0.3 is 5.97 Å². The summed E-state index contributed by atoms with van der Waals surface area (Å²) in [6.07, 6.45) is 6.33. The summed E-state index contributed by atoms with van der Waals surface area (Å²) in [7, 11) is 0. The van der Waals surface area contributed by atoms with Crippen molar-refractivity contribution in [2.45, 2.75) is 42.4 Å². The summed E-state index contributed by atoms with van der Waals surface area (Å²) in [5.74, 6) is 0.0227. The predicted octanol–water partition coefficient (Wildman–Crippen LogP) is 3.69. The van der Waals surface area contributed by atoms with E-state index in [-0.39, 0.29) is 18.1 Å². The molecule has 0 bridgehead atoms. The van der Waals surface area contributed by atoms with Crippen molar-refractivity contribution < 1.29 is 14.3 Å². The van der Waals surface area contributed by atoms with Crippen LogP contribution in [0.4, 0.5) is 5.13 Å². The van der Waals surface area contributed by atoms with Crippen LogP contribution >= 0.6 is 23.1 Å². The Morgan fingerprint density at radius 1 is 1.15 bits per heavy atom. The molecule has 2 N–H and O–H groups in total. The Morgan fingerprint density at radius 2 is 1.88 bits per heavy atom. The first-order valence-corrected chi connectivity index (χ1v) is 10.4. The van der Waals surface area contributed by atoms with Crippen LogP contribution in [-0.4, -0.2) is 34.3 Å². The highest BCUT2D eigenvalue weighted by atomic mass is 32.2. The molecule has 0 unspecified atom stereocenters. The molecule has 1 aromatic heterocycles. The smallest absolute Gasteiger partial charge is 0.316 e. The van der Waals surface area contributed by atoms with Crippen LogP contribution in [0.2, 0.25) is 0 Å². The normalized spacial score (nSPS) is 14.9. The van der Waals surface area contributed by atoms with E-state index in [1.807, 2.05) is 24.3 Å². The predicted molar refractivity (Wildman–Crippen MR) is 103 cm³/mol. The molecule has 0 aliphatic heterocycles. The number of ketones is 1. The SMILES string of the molecule is Nc1nnc(SCC(=O)OCC(=O)c2ccc(C3CCCCC3)cc2)s1. The van der Waals surface area contributed by atoms with Crippen LogP contribution in [0.3, 0.4) is 0 Å². The van der Waals surface area contributed by atoms with E-state index in [9.17, 15) is 9.59 Å². The fourth-order valence-electron chi connectivity index (χ4n) is 3.05. The summed E-state index contributed by atoms with van der Waals surface area (Å²) in [6, 6.07) is 7.72. The van der Waals surface area contributed by atoms with Crippen molar-refractivity contribution in [3.8, 4) is 0 Å². The molecule has 26 heavy (non-hydrogen) atoms. The van der Waals surface area contributed by atoms with Crippen molar-refractivity contribution >= 4 is 40.0 Å². The topological polar surface area (TPSA) is 95.2 Å². The number of carbonyl (C=O) groups excluding carboxylic acids is 2. The molecular formula is C18H21N3O3S2. The molecule has 0 spiro atoms. The number of thioether (sulfide) groups is 1. The van der Waals surface area contributed by atoms with Gasteiger partial charge in [-0.3, -0.25) is 9.59 Å². The van der Waals surface area contributed by atoms with Gasteiger partial charge in [-0.1, -0.05) is 66.6 Å². The van der Waals surface area contributed by atoms with Gasteiger partial charge in [0.1, 0.15) is 0 Å². The molecule has 0 atom stereocenters. The highest BCUT2D eigenvalue weighted by molar-refractivity contribution is 8.01. The van der Waals surface area contributed by atoms with Gasteiger partial charge in [0.05, 0.1) is 5.75 Å². The van der Waals surface area contributed by atoms with Crippen LogP contribution in [0, 0.1) is 0 Å². The Labute approximate surface area is 160 Å². The summed E-state index contributed by atoms with van der Waals surface area (Å²) in [6.45, 7) is -0.250. The number of aromatic nitrogens is 2. The number of ether oxygens (including phenoxy) is 1. The van der Waals surface area contributed by atoms with Crippen molar-refractivity contribution in [2.24, 2.45) is 0 Å². The van der Waals surface area contributed by atoms with E-state index in [1.165, 1.54) is 60.8 Å². The highest BCUT2D eigenvalue weighted by Crippen LogP contribution is 2.32. The van der Waals surface area contributed by atoms with E-state index in [4.69, 9.17) is 10.5 Å². The average molecular weight is 392 g/mol. The Morgan fingerprint density at radius 3 is 2.54 bits per heavy atom. The third kappa shape index (κ3) is 5.28. The van der Waals surface area contributed by atoms with Crippen molar-refractivity contribution in [2.75, 3.05) is 18.1 Å². The zero-order valence-corrected chi connectivity index (χ0v) is 16.0. The molecule has 2 aromatic rings. The molecule has 0 amide bonds. The third-order valence-corrected chi connectivity index (χ3v) is 6.27. The lowest BCUT2D eigenvalue weighted by molar-refractivity contribution is -0.139. The maximum atomic E-state index is 12.2. The van der Waals surface area contributed by atoms with E-state index in [0.717, 1.165) is 0 Å². The maximum Gasteiger partial charge on any atom is 0.316 e. The lowest BCUT2D eigenvalue weighted by Gasteiger charge is -2.22. The molecule has 8 heteroatoms. The van der Waals surface area contributed by atoms with E-state index in [2.05, 4.69) is 10.2 Å². The van der Waals surface area contributed by atoms with E-state index < -0.39 is 5.97 Å². The first-order valence-electron chi connectivity index (χ1n) is 8.62. The average Bonchev–Trinajstić information content (AvgIpc) is 3.10. The van der Waals surface area contributed by atoms with Crippen molar-refractivity contribution in [3.05, 3.63) is 35.4 Å². The molecular weight excluding hydrogens is 370 g/mol. The summed E-state index contributed by atoms with van der Waals surface area (Å²) >= 11 is 2.40. The number of hydrogen-bond acceptors (Lipinski definition) is 8. The number of nitrogens with two attached hydrogens (primary N) is 1. The van der Waals surface area contributed by atoms with E-state index in [1.54, 1.807) is 0 Å². The first-order chi connectivity index (χ1) is 12.6. The van der Waals surface area contributed by atoms with Crippen LogP contribution in [0.25, 0.3) is 0 Å². The van der Waals surface area contributed by atoms with Gasteiger partial charge in [-0.2, -0.15) is 0 Å². The number of esters is 1. The molecule has 1 aliphatic rings. The second-order valence-corrected chi connectivity index (χ2v) is 8.47. The molecule has 0 radical (unpaired) electrons. The number of nitrogens with zero attached hydrogens (tertiary/aromatic N) is 2. The quantitative estimate of drug-likeness (QED) is 0.437. The number of nitrogen functional groups attached to an aromatic ring is 1. The summed E-state index contributed by atoms with van der Waals surface area (Å²) in [5.41, 5.74) is 7.35. The number of carbonyl (C=O) groups is 2. The molecule has 0 saturated heterocycles. The number of hydrogen-bond donors (Lipinski definition) is 1. The van der Waals surface area contributed by atoms with E-state index in [0.29, 0.717) is 21.0 Å². The van der Waals surface area contributed by atoms with Crippen LogP contribution in [0.5, 0.6) is 0 Å². The van der Waals surface area contributed by atoms with Gasteiger partial charge in [-0.25, -0.2) is 0 Å². The fourth-order valence-corrected chi connectivity index (χ4v) is 4.48. The van der Waals surface area contributed by atoms with Gasteiger partial charge < -0.3 is 10.5 Å². The summed E-state index contributed by atoms with van der Waals surface area (Å²) in [4.78, 5) is 23.9. The van der Waals surface area contributed by atoms with Crippen molar-refractivity contribution in [1.82, 2.24) is 10.2 Å². The minimum absolute atomic E-state index is 0.0720. The molecule has 6 nitrogen and oxygen atoms in total. The maximum absolute atomic E-state index is 12.2. The molecule has 3 rings (SSSR count). The van der Waals surface area contributed by atoms with Gasteiger partial charge in [0.25, 0.3) is 0 Å². The van der Waals surface area contributed by atoms with Crippen LogP contribution < -0.4 is 5.73 Å². The Balaban J connectivity index is 1.44. The molecule has 1 aromatic carbocycles. The van der Waals surface area contributed by atoms with Crippen LogP contribution in [-0.2, 0) is 9.53 Å². The number of anilines is 1. The Bertz CT molecular complexity index is 755. The molecule has 1 heterocycles.